The van der Waals surface area contributed by atoms with Crippen molar-refractivity contribution < 1.29 is 18.3 Å². The number of aromatic nitrogens is 2. The molecule has 2 aliphatic rings. The number of oxazole rings is 2. The summed E-state index contributed by atoms with van der Waals surface area (Å²) in [5.74, 6) is 2.75. The summed E-state index contributed by atoms with van der Waals surface area (Å²) in [6.45, 7) is 2.76. The van der Waals surface area contributed by atoms with Gasteiger partial charge >= 0.3 is 0 Å². The highest BCUT2D eigenvalue weighted by atomic mass is 16.5. The zero-order chi connectivity index (χ0) is 33.0. The predicted molar refractivity (Wildman–Crippen MR) is 196 cm³/mol. The summed E-state index contributed by atoms with van der Waals surface area (Å²) in [6, 6.07) is 45.2. The van der Waals surface area contributed by atoms with E-state index in [0.717, 1.165) is 80.6 Å². The third kappa shape index (κ3) is 4.92. The van der Waals surface area contributed by atoms with Crippen LogP contribution in [0.2, 0.25) is 0 Å². The second kappa shape index (κ2) is 11.6. The van der Waals surface area contributed by atoms with Crippen molar-refractivity contribution >= 4 is 44.9 Å². The molecule has 8 aromatic rings. The van der Waals surface area contributed by atoms with Crippen LogP contribution in [0.1, 0.15) is 0 Å². The van der Waals surface area contributed by atoms with E-state index in [2.05, 4.69) is 70.5 Å². The van der Waals surface area contributed by atoms with Crippen molar-refractivity contribution in [1.82, 2.24) is 9.97 Å². The molecule has 242 valence electrons. The smallest absolute Gasteiger partial charge is 0.227 e. The Balaban J connectivity index is 0.896. The third-order valence-electron chi connectivity index (χ3n) is 9.40. The number of anilines is 4. The van der Waals surface area contributed by atoms with Gasteiger partial charge in [-0.25, -0.2) is 9.97 Å². The largest absolute Gasteiger partial charge is 0.489 e. The van der Waals surface area contributed by atoms with Gasteiger partial charge in [0.25, 0.3) is 0 Å². The molecule has 0 radical (unpaired) electrons. The van der Waals surface area contributed by atoms with Crippen LogP contribution in [0.4, 0.5) is 22.7 Å². The average molecular weight is 655 g/mol. The second-order valence-corrected chi connectivity index (χ2v) is 12.4. The molecule has 0 saturated carbocycles. The van der Waals surface area contributed by atoms with Gasteiger partial charge in [-0.3, -0.25) is 0 Å². The molecule has 0 amide bonds. The molecule has 0 N–H and O–H groups in total. The van der Waals surface area contributed by atoms with Gasteiger partial charge in [0.05, 0.1) is 24.5 Å². The fourth-order valence-corrected chi connectivity index (χ4v) is 6.89. The van der Waals surface area contributed by atoms with E-state index in [4.69, 9.17) is 28.3 Å². The molecule has 50 heavy (non-hydrogen) atoms. The quantitative estimate of drug-likeness (QED) is 0.182. The van der Waals surface area contributed by atoms with Crippen molar-refractivity contribution in [3.8, 4) is 45.5 Å². The summed E-state index contributed by atoms with van der Waals surface area (Å²) < 4.78 is 24.5. The number of para-hydroxylation sites is 2. The highest BCUT2D eigenvalue weighted by Crippen LogP contribution is 2.42. The molecule has 0 atom stereocenters. The zero-order valence-electron chi connectivity index (χ0n) is 27.0. The number of rotatable bonds is 5. The molecule has 4 heterocycles. The Hall–Kier alpha value is -6.54. The summed E-state index contributed by atoms with van der Waals surface area (Å²) >= 11 is 0. The normalized spacial score (nSPS) is 13.9. The minimum absolute atomic E-state index is 0.574. The van der Waals surface area contributed by atoms with E-state index in [9.17, 15) is 0 Å². The lowest BCUT2D eigenvalue weighted by atomic mass is 10.0. The summed E-state index contributed by atoms with van der Waals surface area (Å²) in [4.78, 5) is 14.2. The Morgan fingerprint density at radius 2 is 0.840 bits per heavy atom. The van der Waals surface area contributed by atoms with Crippen LogP contribution in [0.5, 0.6) is 11.5 Å². The van der Waals surface area contributed by atoms with E-state index in [1.54, 1.807) is 0 Å². The van der Waals surface area contributed by atoms with E-state index in [-0.39, 0.29) is 0 Å². The fourth-order valence-electron chi connectivity index (χ4n) is 6.89. The lowest BCUT2D eigenvalue weighted by molar-refractivity contribution is 0.314. The molecule has 0 bridgehead atoms. The zero-order valence-corrected chi connectivity index (χ0v) is 27.0. The number of ether oxygens (including phenoxy) is 2. The summed E-state index contributed by atoms with van der Waals surface area (Å²) in [5, 5.41) is 0. The van der Waals surface area contributed by atoms with Gasteiger partial charge in [-0.15, -0.1) is 0 Å². The Bertz CT molecular complexity index is 2310. The molecule has 8 nitrogen and oxygen atoms in total. The van der Waals surface area contributed by atoms with Crippen molar-refractivity contribution in [3.63, 3.8) is 0 Å². The molecule has 6 aromatic carbocycles. The maximum atomic E-state index is 6.22. The third-order valence-corrected chi connectivity index (χ3v) is 9.40. The van der Waals surface area contributed by atoms with Crippen LogP contribution in [0.3, 0.4) is 0 Å². The first kappa shape index (κ1) is 28.5. The predicted octanol–water partition coefficient (Wildman–Crippen LogP) is 10.0. The number of hydrogen-bond acceptors (Lipinski definition) is 8. The molecule has 0 spiro atoms. The monoisotopic (exact) mass is 654 g/mol. The molecular formula is C42H30N4O4. The Labute approximate surface area is 287 Å². The maximum absolute atomic E-state index is 6.22. The average Bonchev–Trinajstić information content (AvgIpc) is 3.80. The molecule has 8 heteroatoms. The van der Waals surface area contributed by atoms with Crippen molar-refractivity contribution in [2.24, 2.45) is 0 Å². The van der Waals surface area contributed by atoms with Gasteiger partial charge in [0, 0.05) is 34.6 Å². The first-order valence-corrected chi connectivity index (χ1v) is 16.7. The van der Waals surface area contributed by atoms with Gasteiger partial charge in [0.2, 0.25) is 11.8 Å². The molecule has 2 aromatic heterocycles. The lowest BCUT2D eigenvalue weighted by Crippen LogP contribution is -2.28. The highest BCUT2D eigenvalue weighted by molar-refractivity contribution is 5.88. The number of hydrogen-bond donors (Lipinski definition) is 0. The van der Waals surface area contributed by atoms with Gasteiger partial charge in [-0.2, -0.15) is 0 Å². The van der Waals surface area contributed by atoms with Crippen molar-refractivity contribution in [3.05, 3.63) is 133 Å². The molecule has 0 aliphatic carbocycles. The van der Waals surface area contributed by atoms with Gasteiger partial charge in [0.1, 0.15) is 35.7 Å². The minimum Gasteiger partial charge on any atom is -0.489 e. The standard InChI is InChI=1S/C42H30N4O4/c1-3-7-31(8-4-1)45-19-21-47-39-25-37-33(23-35(39)45)43-41(49-37)29-15-11-27(12-16-29)28-13-17-30(18-14-28)42-44-34-24-36-40(26-38(34)50-42)48-22-20-46(36)32-9-5-2-6-10-32/h1-18,23-26H,19-22H2. The van der Waals surface area contributed by atoms with Gasteiger partial charge in [-0.05, 0) is 71.8 Å². The van der Waals surface area contributed by atoms with Crippen LogP contribution in [0.15, 0.2) is 142 Å². The summed E-state index contributed by atoms with van der Waals surface area (Å²) in [6.07, 6.45) is 0. The first-order chi connectivity index (χ1) is 24.7. The van der Waals surface area contributed by atoms with E-state index in [1.807, 2.05) is 72.8 Å². The summed E-state index contributed by atoms with van der Waals surface area (Å²) in [5.41, 5.74) is 11.2. The number of nitrogens with zero attached hydrogens (tertiary/aromatic N) is 4. The van der Waals surface area contributed by atoms with Crippen molar-refractivity contribution in [2.75, 3.05) is 36.1 Å². The fraction of sp³-hybridized carbons (Fsp3) is 0.0952. The van der Waals surface area contributed by atoms with E-state index in [1.165, 1.54) is 0 Å². The van der Waals surface area contributed by atoms with E-state index >= 15 is 0 Å². The van der Waals surface area contributed by atoms with Gasteiger partial charge in [0.15, 0.2) is 11.2 Å². The molecular weight excluding hydrogens is 624 g/mol. The van der Waals surface area contributed by atoms with E-state index in [0.29, 0.717) is 36.2 Å². The summed E-state index contributed by atoms with van der Waals surface area (Å²) in [7, 11) is 0. The Kier molecular flexibility index (Phi) is 6.58. The van der Waals surface area contributed by atoms with Crippen molar-refractivity contribution in [2.45, 2.75) is 0 Å². The molecule has 0 unspecified atom stereocenters. The Morgan fingerprint density at radius 3 is 1.26 bits per heavy atom. The van der Waals surface area contributed by atoms with Gasteiger partial charge < -0.3 is 28.1 Å². The Morgan fingerprint density at radius 1 is 0.440 bits per heavy atom. The number of benzene rings is 6. The van der Waals surface area contributed by atoms with Crippen LogP contribution in [-0.2, 0) is 0 Å². The van der Waals surface area contributed by atoms with E-state index < -0.39 is 0 Å². The lowest BCUT2D eigenvalue weighted by Gasteiger charge is -2.31. The molecule has 10 rings (SSSR count). The van der Waals surface area contributed by atoms with Crippen molar-refractivity contribution in [1.29, 1.82) is 0 Å². The topological polar surface area (TPSA) is 77.0 Å². The molecule has 2 aliphatic heterocycles. The van der Waals surface area contributed by atoms with Crippen LogP contribution in [0, 0.1) is 0 Å². The van der Waals surface area contributed by atoms with Crippen LogP contribution >= 0.6 is 0 Å². The highest BCUT2D eigenvalue weighted by Gasteiger charge is 2.24. The second-order valence-electron chi connectivity index (χ2n) is 12.4. The van der Waals surface area contributed by atoms with Crippen LogP contribution < -0.4 is 19.3 Å². The molecule has 0 fully saturated rings. The maximum Gasteiger partial charge on any atom is 0.227 e. The van der Waals surface area contributed by atoms with Crippen LogP contribution in [0.25, 0.3) is 56.2 Å². The first-order valence-electron chi connectivity index (χ1n) is 16.7. The number of fused-ring (bicyclic) bond motifs is 4. The minimum atomic E-state index is 0.574. The SMILES string of the molecule is c1ccc(N2CCOc3cc4oc(-c5ccc(-c6ccc(-c7nc8cc9c(cc8o7)OCCN9c7ccccc7)cc6)cc5)nc4cc32)cc1. The van der Waals surface area contributed by atoms with Gasteiger partial charge in [-0.1, -0.05) is 60.7 Å². The van der Waals surface area contributed by atoms with Crippen LogP contribution in [-0.4, -0.2) is 36.3 Å². The molecule has 0 saturated heterocycles.